The Bertz CT molecular complexity index is 340. The Hall–Kier alpha value is -1.13. The van der Waals surface area contributed by atoms with Gasteiger partial charge in [0.25, 0.3) is 0 Å². The minimum Gasteiger partial charge on any atom is -0.383 e. The van der Waals surface area contributed by atoms with Gasteiger partial charge in [0, 0.05) is 11.8 Å². The highest BCUT2D eigenvalue weighted by atomic mass is 35.5. The molecule has 4 nitrogen and oxygen atoms in total. The number of carbonyl (C=O) groups excluding carboxylic acids is 1. The molecule has 4 N–H and O–H groups in total. The van der Waals surface area contributed by atoms with E-state index < -0.39 is 6.04 Å². The van der Waals surface area contributed by atoms with Crippen LogP contribution in [0.2, 0.25) is 5.02 Å². The molecule has 1 aromatic heterocycles. The normalized spacial score (nSPS) is 12.5. The zero-order valence-electron chi connectivity index (χ0n) is 7.12. The van der Waals surface area contributed by atoms with Crippen molar-refractivity contribution in [3.63, 3.8) is 0 Å². The molecule has 0 amide bonds. The highest BCUT2D eigenvalue weighted by molar-refractivity contribution is 6.30. The van der Waals surface area contributed by atoms with Gasteiger partial charge in [-0.1, -0.05) is 11.6 Å². The molecule has 0 saturated heterocycles. The number of nitrogens with two attached hydrogens (primary N) is 2. The van der Waals surface area contributed by atoms with Gasteiger partial charge < -0.3 is 11.5 Å². The number of Topliss-reactive ketones (excluding diaryl/α,β-unsaturated/α-hetero) is 1. The maximum absolute atomic E-state index is 11.0. The summed E-state index contributed by atoms with van der Waals surface area (Å²) in [7, 11) is 0. The van der Waals surface area contributed by atoms with Crippen LogP contribution in [0, 0.1) is 0 Å². The topological polar surface area (TPSA) is 82.0 Å². The third-order valence-electron chi connectivity index (χ3n) is 1.69. The molecule has 1 atom stereocenters. The van der Waals surface area contributed by atoms with Gasteiger partial charge in [0.15, 0.2) is 5.78 Å². The Morgan fingerprint density at radius 3 is 2.85 bits per heavy atom. The monoisotopic (exact) mass is 199 g/mol. The molecule has 0 radical (unpaired) electrons. The van der Waals surface area contributed by atoms with Gasteiger partial charge in [0.2, 0.25) is 0 Å². The molecule has 0 aliphatic carbocycles. The lowest BCUT2D eigenvalue weighted by molar-refractivity contribution is -0.118. The van der Waals surface area contributed by atoms with Crippen molar-refractivity contribution < 1.29 is 4.79 Å². The van der Waals surface area contributed by atoms with Crippen molar-refractivity contribution in [1.82, 2.24) is 4.98 Å². The minimum atomic E-state index is -0.744. The predicted molar refractivity (Wildman–Crippen MR) is 51.3 cm³/mol. The fourth-order valence-corrected chi connectivity index (χ4v) is 1.10. The van der Waals surface area contributed by atoms with E-state index in [1.54, 1.807) is 6.07 Å². The maximum atomic E-state index is 11.0. The highest BCUT2D eigenvalue weighted by Crippen LogP contribution is 2.20. The molecule has 13 heavy (non-hydrogen) atoms. The van der Waals surface area contributed by atoms with Crippen LogP contribution in [0.3, 0.4) is 0 Å². The second-order valence-electron chi connectivity index (χ2n) is 2.72. The second kappa shape index (κ2) is 3.72. The number of pyridine rings is 1. The lowest BCUT2D eigenvalue weighted by atomic mass is 10.1. The molecular weight excluding hydrogens is 190 g/mol. The third-order valence-corrected chi connectivity index (χ3v) is 1.90. The van der Waals surface area contributed by atoms with E-state index in [4.69, 9.17) is 23.1 Å². The van der Waals surface area contributed by atoms with Crippen LogP contribution in [0.4, 0.5) is 5.82 Å². The highest BCUT2D eigenvalue weighted by Gasteiger charge is 2.15. The third kappa shape index (κ3) is 2.17. The molecule has 0 aliphatic heterocycles. The summed E-state index contributed by atoms with van der Waals surface area (Å²) in [6.45, 7) is 1.39. The molecule has 0 aromatic carbocycles. The van der Waals surface area contributed by atoms with Crippen LogP contribution in [-0.4, -0.2) is 10.8 Å². The minimum absolute atomic E-state index is 0.171. The Morgan fingerprint density at radius 1 is 1.69 bits per heavy atom. The number of aromatic nitrogens is 1. The van der Waals surface area contributed by atoms with Gasteiger partial charge in [-0.15, -0.1) is 0 Å². The van der Waals surface area contributed by atoms with E-state index in [1.807, 2.05) is 0 Å². The first kappa shape index (κ1) is 9.95. The van der Waals surface area contributed by atoms with Crippen molar-refractivity contribution in [2.75, 3.05) is 5.73 Å². The molecule has 1 aromatic rings. The molecule has 70 valence electrons. The van der Waals surface area contributed by atoms with Gasteiger partial charge in [-0.2, -0.15) is 0 Å². The number of hydrogen-bond donors (Lipinski definition) is 2. The van der Waals surface area contributed by atoms with Crippen LogP contribution in [0.5, 0.6) is 0 Å². The number of anilines is 1. The Kier molecular flexibility index (Phi) is 2.85. The summed E-state index contributed by atoms with van der Waals surface area (Å²) in [4.78, 5) is 14.8. The van der Waals surface area contributed by atoms with Crippen molar-refractivity contribution in [2.45, 2.75) is 13.0 Å². The second-order valence-corrected chi connectivity index (χ2v) is 3.15. The summed E-state index contributed by atoms with van der Waals surface area (Å²) in [6.07, 6.45) is 1.41. The first-order chi connectivity index (χ1) is 6.02. The molecule has 1 heterocycles. The number of hydrogen-bond acceptors (Lipinski definition) is 4. The van der Waals surface area contributed by atoms with Gasteiger partial charge >= 0.3 is 0 Å². The van der Waals surface area contributed by atoms with Gasteiger partial charge in [0.05, 0.1) is 11.1 Å². The van der Waals surface area contributed by atoms with Crippen molar-refractivity contribution in [3.05, 3.63) is 22.8 Å². The van der Waals surface area contributed by atoms with Gasteiger partial charge in [-0.3, -0.25) is 4.79 Å². The van der Waals surface area contributed by atoms with Crippen molar-refractivity contribution >= 4 is 23.2 Å². The quantitative estimate of drug-likeness (QED) is 0.742. The summed E-state index contributed by atoms with van der Waals surface area (Å²) in [5.74, 6) is 0.0721. The van der Waals surface area contributed by atoms with Crippen LogP contribution in [-0.2, 0) is 4.79 Å². The predicted octanol–water partition coefficient (Wildman–Crippen LogP) is 0.906. The standard InChI is InChI=1S/C8H10ClN3O/c1-4(13)7(10)6-2-5(9)3-12-8(6)11/h2-3,7H,10H2,1H3,(H2,11,12). The SMILES string of the molecule is CC(=O)C(N)c1cc(Cl)cnc1N. The first-order valence-corrected chi connectivity index (χ1v) is 4.07. The molecule has 0 saturated carbocycles. The van der Waals surface area contributed by atoms with E-state index in [2.05, 4.69) is 4.98 Å². The molecule has 1 unspecified atom stereocenters. The lowest BCUT2D eigenvalue weighted by Crippen LogP contribution is -2.20. The number of nitrogen functional groups attached to an aromatic ring is 1. The van der Waals surface area contributed by atoms with Crippen molar-refractivity contribution in [2.24, 2.45) is 5.73 Å². The van der Waals surface area contributed by atoms with E-state index in [9.17, 15) is 4.79 Å². The average molecular weight is 200 g/mol. The van der Waals surface area contributed by atoms with Gasteiger partial charge in [0.1, 0.15) is 5.82 Å². The average Bonchev–Trinajstić information content (AvgIpc) is 2.08. The Morgan fingerprint density at radius 2 is 2.31 bits per heavy atom. The number of rotatable bonds is 2. The van der Waals surface area contributed by atoms with E-state index in [0.717, 1.165) is 0 Å². The lowest BCUT2D eigenvalue weighted by Gasteiger charge is -2.10. The fourth-order valence-electron chi connectivity index (χ4n) is 0.934. The molecule has 0 bridgehead atoms. The van der Waals surface area contributed by atoms with E-state index in [-0.39, 0.29) is 11.6 Å². The van der Waals surface area contributed by atoms with Crippen LogP contribution >= 0.6 is 11.6 Å². The zero-order chi connectivity index (χ0) is 10.0. The summed E-state index contributed by atoms with van der Waals surface area (Å²) >= 11 is 5.68. The number of ketones is 1. The summed E-state index contributed by atoms with van der Waals surface area (Å²) in [5, 5.41) is 0.418. The molecular formula is C8H10ClN3O. The maximum Gasteiger partial charge on any atom is 0.151 e. The molecule has 1 rings (SSSR count). The Labute approximate surface area is 80.9 Å². The molecule has 0 aliphatic rings. The summed E-state index contributed by atoms with van der Waals surface area (Å²) < 4.78 is 0. The number of halogens is 1. The van der Waals surface area contributed by atoms with Crippen LogP contribution in [0.15, 0.2) is 12.3 Å². The zero-order valence-corrected chi connectivity index (χ0v) is 7.88. The van der Waals surface area contributed by atoms with Gasteiger partial charge in [-0.25, -0.2) is 4.98 Å². The molecule has 0 spiro atoms. The van der Waals surface area contributed by atoms with Crippen molar-refractivity contribution in [1.29, 1.82) is 0 Å². The fraction of sp³-hybridized carbons (Fsp3) is 0.250. The largest absolute Gasteiger partial charge is 0.383 e. The van der Waals surface area contributed by atoms with Gasteiger partial charge in [-0.05, 0) is 13.0 Å². The van der Waals surface area contributed by atoms with E-state index in [1.165, 1.54) is 13.1 Å². The Balaban J connectivity index is 3.12. The van der Waals surface area contributed by atoms with E-state index >= 15 is 0 Å². The number of carbonyl (C=O) groups is 1. The molecule has 5 heteroatoms. The first-order valence-electron chi connectivity index (χ1n) is 3.69. The molecule has 0 fully saturated rings. The van der Waals surface area contributed by atoms with Crippen LogP contribution in [0.25, 0.3) is 0 Å². The van der Waals surface area contributed by atoms with Crippen molar-refractivity contribution in [3.8, 4) is 0 Å². The smallest absolute Gasteiger partial charge is 0.151 e. The van der Waals surface area contributed by atoms with E-state index in [0.29, 0.717) is 10.6 Å². The van der Waals surface area contributed by atoms with Crippen LogP contribution < -0.4 is 11.5 Å². The van der Waals surface area contributed by atoms with Crippen LogP contribution in [0.1, 0.15) is 18.5 Å². The number of nitrogens with zero attached hydrogens (tertiary/aromatic N) is 1. The summed E-state index contributed by atoms with van der Waals surface area (Å²) in [5.41, 5.74) is 11.6. The summed E-state index contributed by atoms with van der Waals surface area (Å²) in [6, 6.07) is 0.807.